The molecule has 0 spiro atoms. The molecule has 0 aromatic carbocycles. The summed E-state index contributed by atoms with van der Waals surface area (Å²) in [6.07, 6.45) is 1.34. The van der Waals surface area contributed by atoms with E-state index in [-0.39, 0.29) is 17.9 Å². The number of hydrogen-bond acceptors (Lipinski definition) is 2. The van der Waals surface area contributed by atoms with Gasteiger partial charge in [0, 0.05) is 6.54 Å². The van der Waals surface area contributed by atoms with E-state index >= 15 is 0 Å². The number of nitrogens with one attached hydrogen (secondary N) is 1. The fraction of sp³-hybridized carbons (Fsp3) is 0.818. The Morgan fingerprint density at radius 1 is 1.27 bits per heavy atom. The van der Waals surface area contributed by atoms with Crippen molar-refractivity contribution in [3.05, 3.63) is 0 Å². The molecule has 4 nitrogen and oxygen atoms in total. The van der Waals surface area contributed by atoms with Crippen LogP contribution in [-0.2, 0) is 9.59 Å². The van der Waals surface area contributed by atoms with Crippen molar-refractivity contribution in [2.24, 2.45) is 0 Å². The van der Waals surface area contributed by atoms with Gasteiger partial charge in [0.05, 0.1) is 0 Å². The topological polar surface area (TPSA) is 49.4 Å². The second kappa shape index (κ2) is 4.21. The monoisotopic (exact) mass is 212 g/mol. The maximum Gasteiger partial charge on any atom is 0.246 e. The summed E-state index contributed by atoms with van der Waals surface area (Å²) in [5.74, 6) is 0.0160. The lowest BCUT2D eigenvalue weighted by Crippen LogP contribution is -2.69. The summed E-state index contributed by atoms with van der Waals surface area (Å²) in [6, 6.07) is -0.385. The summed E-state index contributed by atoms with van der Waals surface area (Å²) in [5.41, 5.74) is -0.627. The van der Waals surface area contributed by atoms with Gasteiger partial charge in [-0.05, 0) is 26.7 Å². The minimum Gasteiger partial charge on any atom is -0.343 e. The summed E-state index contributed by atoms with van der Waals surface area (Å²) in [5, 5.41) is 2.76. The average Bonchev–Trinajstić information content (AvgIpc) is 2.23. The van der Waals surface area contributed by atoms with Crippen LogP contribution in [0, 0.1) is 0 Å². The second-order valence-corrected chi connectivity index (χ2v) is 4.02. The van der Waals surface area contributed by atoms with Crippen molar-refractivity contribution in [2.75, 3.05) is 6.54 Å². The molecular formula is C11H20N2O2. The van der Waals surface area contributed by atoms with Crippen molar-refractivity contribution in [1.82, 2.24) is 10.2 Å². The van der Waals surface area contributed by atoms with Crippen molar-refractivity contribution in [3.8, 4) is 0 Å². The van der Waals surface area contributed by atoms with Crippen LogP contribution in [0.2, 0.25) is 0 Å². The number of carbonyl (C=O) groups excluding carboxylic acids is 2. The standard InChI is InChI=1S/C11H20N2O2/c1-5-11(6-2)10(15)12-8(4)9(14)13(11)7-3/h8H,5-7H2,1-4H3,(H,12,15). The third-order valence-corrected chi connectivity index (χ3v) is 3.41. The molecule has 1 aliphatic rings. The number of rotatable bonds is 3. The van der Waals surface area contributed by atoms with E-state index in [0.29, 0.717) is 19.4 Å². The molecule has 1 saturated heterocycles. The number of amides is 2. The third kappa shape index (κ3) is 1.62. The molecule has 86 valence electrons. The van der Waals surface area contributed by atoms with Gasteiger partial charge < -0.3 is 10.2 Å². The van der Waals surface area contributed by atoms with Gasteiger partial charge in [-0.15, -0.1) is 0 Å². The van der Waals surface area contributed by atoms with Crippen molar-refractivity contribution in [2.45, 2.75) is 52.1 Å². The predicted octanol–water partition coefficient (Wildman–Crippen LogP) is 0.912. The molecule has 1 unspecified atom stereocenters. The van der Waals surface area contributed by atoms with Gasteiger partial charge in [0.2, 0.25) is 11.8 Å². The van der Waals surface area contributed by atoms with Gasteiger partial charge in [0.1, 0.15) is 11.6 Å². The first-order chi connectivity index (χ1) is 7.03. The Bertz CT molecular complexity index is 272. The van der Waals surface area contributed by atoms with Gasteiger partial charge in [-0.2, -0.15) is 0 Å². The largest absolute Gasteiger partial charge is 0.343 e. The molecule has 0 aliphatic carbocycles. The van der Waals surface area contributed by atoms with Crippen LogP contribution in [0.3, 0.4) is 0 Å². The molecule has 0 aromatic rings. The van der Waals surface area contributed by atoms with Crippen LogP contribution in [0.4, 0.5) is 0 Å². The zero-order valence-corrected chi connectivity index (χ0v) is 9.96. The minimum absolute atomic E-state index is 0.0125. The Labute approximate surface area is 91.0 Å². The summed E-state index contributed by atoms with van der Waals surface area (Å²) in [4.78, 5) is 25.7. The third-order valence-electron chi connectivity index (χ3n) is 3.41. The maximum atomic E-state index is 12.0. The lowest BCUT2D eigenvalue weighted by Gasteiger charge is -2.46. The van der Waals surface area contributed by atoms with E-state index in [0.717, 1.165) is 0 Å². The Hall–Kier alpha value is -1.06. The zero-order chi connectivity index (χ0) is 11.6. The zero-order valence-electron chi connectivity index (χ0n) is 9.96. The van der Waals surface area contributed by atoms with Gasteiger partial charge in [-0.25, -0.2) is 0 Å². The van der Waals surface area contributed by atoms with E-state index in [9.17, 15) is 9.59 Å². The molecule has 2 amide bonds. The average molecular weight is 212 g/mol. The molecule has 0 bridgehead atoms. The highest BCUT2D eigenvalue weighted by atomic mass is 16.2. The molecule has 0 aromatic heterocycles. The van der Waals surface area contributed by atoms with Crippen LogP contribution in [-0.4, -0.2) is 34.8 Å². The van der Waals surface area contributed by atoms with Crippen LogP contribution in [0.5, 0.6) is 0 Å². The summed E-state index contributed by atoms with van der Waals surface area (Å²) in [6.45, 7) is 8.16. The van der Waals surface area contributed by atoms with Crippen LogP contribution in [0.25, 0.3) is 0 Å². The number of nitrogens with zero attached hydrogens (tertiary/aromatic N) is 1. The molecule has 4 heteroatoms. The smallest absolute Gasteiger partial charge is 0.246 e. The fourth-order valence-corrected chi connectivity index (χ4v) is 2.37. The minimum atomic E-state index is -0.627. The molecule has 0 saturated carbocycles. The normalized spacial score (nSPS) is 25.3. The summed E-state index contributed by atoms with van der Waals surface area (Å²) < 4.78 is 0. The van der Waals surface area contributed by atoms with Gasteiger partial charge >= 0.3 is 0 Å². The molecule has 1 aliphatic heterocycles. The van der Waals surface area contributed by atoms with Crippen molar-refractivity contribution in [1.29, 1.82) is 0 Å². The predicted molar refractivity (Wildman–Crippen MR) is 58.3 cm³/mol. The number of likely N-dealkylation sites (N-methyl/N-ethyl adjacent to an activating group) is 1. The SMILES string of the molecule is CCN1C(=O)C(C)NC(=O)C1(CC)CC. The Kier molecular flexibility index (Phi) is 3.37. The molecule has 1 N–H and O–H groups in total. The van der Waals surface area contributed by atoms with Gasteiger partial charge in [0.25, 0.3) is 0 Å². The van der Waals surface area contributed by atoms with E-state index in [1.165, 1.54) is 0 Å². The Morgan fingerprint density at radius 2 is 1.80 bits per heavy atom. The molecule has 0 radical (unpaired) electrons. The maximum absolute atomic E-state index is 12.0. The molecule has 1 rings (SSSR count). The van der Waals surface area contributed by atoms with Crippen molar-refractivity contribution >= 4 is 11.8 Å². The lowest BCUT2D eigenvalue weighted by molar-refractivity contribution is -0.157. The molecule has 15 heavy (non-hydrogen) atoms. The van der Waals surface area contributed by atoms with E-state index in [2.05, 4.69) is 5.32 Å². The van der Waals surface area contributed by atoms with Gasteiger partial charge in [-0.1, -0.05) is 13.8 Å². The lowest BCUT2D eigenvalue weighted by atomic mass is 9.86. The summed E-state index contributed by atoms with van der Waals surface area (Å²) >= 11 is 0. The molecule has 1 heterocycles. The molecule has 1 fully saturated rings. The van der Waals surface area contributed by atoms with Crippen LogP contribution >= 0.6 is 0 Å². The quantitative estimate of drug-likeness (QED) is 0.756. The van der Waals surface area contributed by atoms with Crippen molar-refractivity contribution < 1.29 is 9.59 Å². The van der Waals surface area contributed by atoms with Crippen molar-refractivity contribution in [3.63, 3.8) is 0 Å². The Morgan fingerprint density at radius 3 is 2.20 bits per heavy atom. The molecular weight excluding hydrogens is 192 g/mol. The molecule has 1 atom stereocenters. The Balaban J connectivity index is 3.11. The van der Waals surface area contributed by atoms with E-state index in [1.54, 1.807) is 11.8 Å². The first kappa shape index (κ1) is 12.0. The van der Waals surface area contributed by atoms with Crippen LogP contribution in [0.15, 0.2) is 0 Å². The highest BCUT2D eigenvalue weighted by molar-refractivity contribution is 5.99. The van der Waals surface area contributed by atoms with E-state index < -0.39 is 5.54 Å². The highest BCUT2D eigenvalue weighted by Gasteiger charge is 2.48. The fourth-order valence-electron chi connectivity index (χ4n) is 2.37. The highest BCUT2D eigenvalue weighted by Crippen LogP contribution is 2.28. The number of hydrogen-bond donors (Lipinski definition) is 1. The van der Waals surface area contributed by atoms with E-state index in [4.69, 9.17) is 0 Å². The number of carbonyl (C=O) groups is 2. The van der Waals surface area contributed by atoms with Gasteiger partial charge in [-0.3, -0.25) is 9.59 Å². The first-order valence-corrected chi connectivity index (χ1v) is 5.65. The van der Waals surface area contributed by atoms with Crippen LogP contribution in [0.1, 0.15) is 40.5 Å². The van der Waals surface area contributed by atoms with Gasteiger partial charge in [0.15, 0.2) is 0 Å². The van der Waals surface area contributed by atoms with E-state index in [1.807, 2.05) is 20.8 Å². The number of piperazine rings is 1. The first-order valence-electron chi connectivity index (χ1n) is 5.65. The summed E-state index contributed by atoms with van der Waals surface area (Å²) in [7, 11) is 0. The van der Waals surface area contributed by atoms with Crippen LogP contribution < -0.4 is 5.32 Å². The second-order valence-electron chi connectivity index (χ2n) is 4.02.